The Bertz CT molecular complexity index is 380. The Kier molecular flexibility index (Phi) is 9.04. The van der Waals surface area contributed by atoms with E-state index in [1.165, 1.54) is 25.0 Å². The lowest BCUT2D eigenvalue weighted by Crippen LogP contribution is -1.88. The zero-order chi connectivity index (χ0) is 13.3. The van der Waals surface area contributed by atoms with Crippen LogP contribution in [-0.4, -0.2) is 11.2 Å². The Labute approximate surface area is 110 Å². The van der Waals surface area contributed by atoms with Crippen molar-refractivity contribution in [3.63, 3.8) is 0 Å². The van der Waals surface area contributed by atoms with Crippen molar-refractivity contribution in [3.05, 3.63) is 28.2 Å². The number of hydrogen-bond acceptors (Lipinski definition) is 3. The van der Waals surface area contributed by atoms with Crippen molar-refractivity contribution in [2.75, 3.05) is 0 Å². The number of benzene rings is 1. The van der Waals surface area contributed by atoms with Crippen LogP contribution in [0.3, 0.4) is 0 Å². The minimum absolute atomic E-state index is 0.115. The molecule has 0 amide bonds. The van der Waals surface area contributed by atoms with Gasteiger partial charge in [0.1, 0.15) is 5.75 Å². The second kappa shape index (κ2) is 9.40. The first-order valence-electron chi connectivity index (χ1n) is 5.20. The monoisotopic (exact) mass is 322 g/mol. The average molecular weight is 323 g/mol. The standard InChI is InChI=1S/C7H6BrO4P.C4H10/c8-6-1-2-7(12-13(10)11)5(3-6)4-9;1-3-4-2/h1-4,13H,(H,10,11);3-4H2,1-2H3. The Morgan fingerprint density at radius 2 is 2.00 bits per heavy atom. The van der Waals surface area contributed by atoms with E-state index in [0.717, 1.165) is 0 Å². The van der Waals surface area contributed by atoms with Gasteiger partial charge in [0.25, 0.3) is 0 Å². The summed E-state index contributed by atoms with van der Waals surface area (Å²) in [7, 11) is -3.06. The van der Waals surface area contributed by atoms with Crippen molar-refractivity contribution >= 4 is 30.5 Å². The van der Waals surface area contributed by atoms with Gasteiger partial charge in [-0.2, -0.15) is 0 Å². The van der Waals surface area contributed by atoms with E-state index in [0.29, 0.717) is 10.8 Å². The molecule has 4 nitrogen and oxygen atoms in total. The third-order valence-corrected chi connectivity index (χ3v) is 2.68. The highest BCUT2D eigenvalue weighted by atomic mass is 79.9. The summed E-state index contributed by atoms with van der Waals surface area (Å²) in [5.41, 5.74) is 0.238. The molecule has 1 atom stereocenters. The zero-order valence-corrected chi connectivity index (χ0v) is 12.4. The van der Waals surface area contributed by atoms with Crippen LogP contribution in [0.4, 0.5) is 0 Å². The number of carbonyl (C=O) groups excluding carboxylic acids is 1. The third-order valence-electron chi connectivity index (χ3n) is 1.80. The molecule has 1 rings (SSSR count). The molecule has 0 fully saturated rings. The summed E-state index contributed by atoms with van der Waals surface area (Å²) < 4.78 is 15.6. The molecular formula is C11H16BrO4P. The molecule has 0 saturated carbocycles. The van der Waals surface area contributed by atoms with Gasteiger partial charge in [-0.1, -0.05) is 42.6 Å². The summed E-state index contributed by atoms with van der Waals surface area (Å²) in [6.07, 6.45) is 3.20. The van der Waals surface area contributed by atoms with E-state index in [9.17, 15) is 9.36 Å². The van der Waals surface area contributed by atoms with Crippen molar-refractivity contribution in [1.82, 2.24) is 0 Å². The maximum Gasteiger partial charge on any atom is 0.365 e. The van der Waals surface area contributed by atoms with Gasteiger partial charge in [-0.25, -0.2) is 4.57 Å². The Morgan fingerprint density at radius 3 is 2.41 bits per heavy atom. The second-order valence-corrected chi connectivity index (χ2v) is 4.82. The number of aldehydes is 1. The molecule has 0 heterocycles. The highest BCUT2D eigenvalue weighted by Crippen LogP contribution is 2.28. The molecule has 0 aromatic heterocycles. The average Bonchev–Trinajstić information content (AvgIpc) is 2.31. The molecule has 17 heavy (non-hydrogen) atoms. The highest BCUT2D eigenvalue weighted by Gasteiger charge is 2.05. The highest BCUT2D eigenvalue weighted by molar-refractivity contribution is 9.10. The largest absolute Gasteiger partial charge is 0.426 e. The maximum absolute atomic E-state index is 10.5. The first-order chi connectivity index (χ1) is 8.04. The van der Waals surface area contributed by atoms with Crippen LogP contribution in [0.5, 0.6) is 5.75 Å². The minimum atomic E-state index is -3.06. The summed E-state index contributed by atoms with van der Waals surface area (Å²) in [6.45, 7) is 4.36. The minimum Gasteiger partial charge on any atom is -0.426 e. The third kappa shape index (κ3) is 7.31. The van der Waals surface area contributed by atoms with E-state index in [2.05, 4.69) is 34.3 Å². The molecule has 6 heteroatoms. The van der Waals surface area contributed by atoms with Gasteiger partial charge in [0.15, 0.2) is 6.29 Å². The van der Waals surface area contributed by atoms with Gasteiger partial charge in [-0.15, -0.1) is 0 Å². The quantitative estimate of drug-likeness (QED) is 0.676. The number of rotatable bonds is 4. The number of hydrogen-bond donors (Lipinski definition) is 1. The van der Waals surface area contributed by atoms with Gasteiger partial charge < -0.3 is 9.42 Å². The van der Waals surface area contributed by atoms with E-state index in [1.807, 2.05) is 0 Å². The predicted octanol–water partition coefficient (Wildman–Crippen LogP) is 3.83. The summed E-state index contributed by atoms with van der Waals surface area (Å²) in [5, 5.41) is 0. The molecule has 0 aliphatic carbocycles. The number of halogens is 1. The van der Waals surface area contributed by atoms with Crippen molar-refractivity contribution in [3.8, 4) is 5.75 Å². The topological polar surface area (TPSA) is 63.6 Å². The van der Waals surface area contributed by atoms with E-state index in [1.54, 1.807) is 6.07 Å². The summed E-state index contributed by atoms with van der Waals surface area (Å²) in [6, 6.07) is 4.58. The summed E-state index contributed by atoms with van der Waals surface area (Å²) >= 11 is 3.16. The molecule has 1 N–H and O–H groups in total. The van der Waals surface area contributed by atoms with Gasteiger partial charge in [-0.3, -0.25) is 4.79 Å². The van der Waals surface area contributed by atoms with Crippen LogP contribution in [0.25, 0.3) is 0 Å². The smallest absolute Gasteiger partial charge is 0.365 e. The molecule has 1 aromatic rings. The SMILES string of the molecule is CCCC.O=Cc1cc(Br)ccc1O[PH](=O)O. The first-order valence-corrected chi connectivity index (χ1v) is 7.26. The van der Waals surface area contributed by atoms with Gasteiger partial charge in [0.05, 0.1) is 5.56 Å². The molecule has 0 spiro atoms. The fourth-order valence-electron chi connectivity index (χ4n) is 0.798. The summed E-state index contributed by atoms with van der Waals surface area (Å²) in [5.74, 6) is 0.115. The van der Waals surface area contributed by atoms with E-state index in [4.69, 9.17) is 4.89 Å². The van der Waals surface area contributed by atoms with Crippen LogP contribution >= 0.6 is 24.2 Å². The van der Waals surface area contributed by atoms with Crippen LogP contribution in [0.1, 0.15) is 37.0 Å². The van der Waals surface area contributed by atoms with Crippen molar-refractivity contribution in [2.24, 2.45) is 0 Å². The van der Waals surface area contributed by atoms with Crippen molar-refractivity contribution < 1.29 is 18.8 Å². The lowest BCUT2D eigenvalue weighted by molar-refractivity contribution is 0.112. The van der Waals surface area contributed by atoms with E-state index >= 15 is 0 Å². The van der Waals surface area contributed by atoms with Crippen LogP contribution < -0.4 is 4.52 Å². The molecule has 1 aromatic carbocycles. The van der Waals surface area contributed by atoms with Crippen molar-refractivity contribution in [1.29, 1.82) is 0 Å². The van der Waals surface area contributed by atoms with E-state index in [-0.39, 0.29) is 11.3 Å². The molecular weight excluding hydrogens is 307 g/mol. The lowest BCUT2D eigenvalue weighted by atomic mass is 10.2. The van der Waals surface area contributed by atoms with Gasteiger partial charge >= 0.3 is 8.25 Å². The Hall–Kier alpha value is -0.640. The lowest BCUT2D eigenvalue weighted by Gasteiger charge is -2.04. The summed E-state index contributed by atoms with van der Waals surface area (Å²) in [4.78, 5) is 19.0. The zero-order valence-electron chi connectivity index (χ0n) is 9.77. The Morgan fingerprint density at radius 1 is 1.41 bits per heavy atom. The molecule has 1 unspecified atom stereocenters. The number of carbonyl (C=O) groups is 1. The van der Waals surface area contributed by atoms with Crippen molar-refractivity contribution in [2.45, 2.75) is 26.7 Å². The fourth-order valence-corrected chi connectivity index (χ4v) is 1.55. The van der Waals surface area contributed by atoms with Gasteiger partial charge in [-0.05, 0) is 18.2 Å². The molecule has 0 aliphatic heterocycles. The van der Waals surface area contributed by atoms with Crippen LogP contribution in [0.15, 0.2) is 22.7 Å². The van der Waals surface area contributed by atoms with Crippen LogP contribution in [-0.2, 0) is 4.57 Å². The maximum atomic E-state index is 10.5. The fraction of sp³-hybridized carbons (Fsp3) is 0.364. The molecule has 0 radical (unpaired) electrons. The predicted molar refractivity (Wildman–Crippen MR) is 72.0 cm³/mol. The molecule has 0 aliphatic rings. The number of unbranched alkanes of at least 4 members (excludes halogenated alkanes) is 1. The van der Waals surface area contributed by atoms with Gasteiger partial charge in [0, 0.05) is 4.47 Å². The molecule has 0 bridgehead atoms. The molecule has 0 saturated heterocycles. The van der Waals surface area contributed by atoms with Crippen LogP contribution in [0.2, 0.25) is 0 Å². The van der Waals surface area contributed by atoms with Crippen LogP contribution in [0, 0.1) is 0 Å². The van der Waals surface area contributed by atoms with E-state index < -0.39 is 8.25 Å². The first kappa shape index (κ1) is 16.4. The second-order valence-electron chi connectivity index (χ2n) is 3.17. The Balaban J connectivity index is 0.000000557. The molecule has 96 valence electrons. The normalized spacial score (nSPS) is 11.1. The van der Waals surface area contributed by atoms with Gasteiger partial charge in [0.2, 0.25) is 0 Å².